The van der Waals surface area contributed by atoms with Crippen LogP contribution in [-0.2, 0) is 0 Å². The zero-order chi connectivity index (χ0) is 15.2. The van der Waals surface area contributed by atoms with Crippen LogP contribution in [0.4, 0.5) is 0 Å². The van der Waals surface area contributed by atoms with E-state index in [4.69, 9.17) is 0 Å². The number of aliphatic hydroxyl groups is 1. The standard InChI is InChI=1S/C20H32OS/c1-18-9-10-20(12-22-20)11-13(18)3-4-14-15-5-6-17(21)19(15,2)8-7-16(14)18/h13-17,21H,3-12H2,1-2H3/t13-,14-,15-,16+,17+,18+,19+,20-/m1/s1. The van der Waals surface area contributed by atoms with E-state index in [1.54, 1.807) is 0 Å². The van der Waals surface area contributed by atoms with Gasteiger partial charge < -0.3 is 5.11 Å². The van der Waals surface area contributed by atoms with Gasteiger partial charge in [-0.15, -0.1) is 0 Å². The Balaban J connectivity index is 1.44. The smallest absolute Gasteiger partial charge is 0.0596 e. The van der Waals surface area contributed by atoms with Crippen molar-refractivity contribution in [2.24, 2.45) is 34.5 Å². The van der Waals surface area contributed by atoms with Gasteiger partial charge in [-0.25, -0.2) is 0 Å². The fourth-order valence-corrected chi connectivity index (χ4v) is 8.68. The maximum atomic E-state index is 10.5. The van der Waals surface area contributed by atoms with E-state index < -0.39 is 0 Å². The average molecular weight is 321 g/mol. The summed E-state index contributed by atoms with van der Waals surface area (Å²) in [4.78, 5) is 0. The number of hydrogen-bond acceptors (Lipinski definition) is 2. The van der Waals surface area contributed by atoms with Crippen molar-refractivity contribution in [1.29, 1.82) is 0 Å². The third-order valence-electron chi connectivity index (χ3n) is 9.31. The SMILES string of the molecule is C[C@]12CC[C@H]3[C@H](CC[C@@H]4C[C@]5(CC[C@@]43C)CS5)[C@H]1CC[C@@H]2O. The van der Waals surface area contributed by atoms with Gasteiger partial charge in [0.2, 0.25) is 0 Å². The Kier molecular flexibility index (Phi) is 2.98. The highest BCUT2D eigenvalue weighted by Gasteiger charge is 2.62. The summed E-state index contributed by atoms with van der Waals surface area (Å²) in [6, 6.07) is 0. The molecule has 8 atom stereocenters. The molecule has 5 rings (SSSR count). The molecule has 1 heterocycles. The second-order valence-electron chi connectivity index (χ2n) is 9.97. The number of rotatable bonds is 0. The molecule has 1 N–H and O–H groups in total. The lowest BCUT2D eigenvalue weighted by molar-refractivity contribution is -0.122. The molecular formula is C20H32OS. The van der Waals surface area contributed by atoms with Gasteiger partial charge in [-0.2, -0.15) is 11.8 Å². The number of aliphatic hydroxyl groups excluding tert-OH is 1. The van der Waals surface area contributed by atoms with Crippen molar-refractivity contribution in [2.45, 2.75) is 82.5 Å². The minimum absolute atomic E-state index is 0.0125. The Morgan fingerprint density at radius 3 is 2.41 bits per heavy atom. The third kappa shape index (κ3) is 1.78. The number of fused-ring (bicyclic) bond motifs is 5. The van der Waals surface area contributed by atoms with Crippen molar-refractivity contribution in [1.82, 2.24) is 0 Å². The van der Waals surface area contributed by atoms with Crippen molar-refractivity contribution in [3.63, 3.8) is 0 Å². The van der Waals surface area contributed by atoms with Gasteiger partial charge in [0, 0.05) is 10.5 Å². The minimum atomic E-state index is -0.0125. The summed E-state index contributed by atoms with van der Waals surface area (Å²) in [5.74, 6) is 5.19. The Bertz CT molecular complexity index is 486. The molecule has 4 aliphatic carbocycles. The van der Waals surface area contributed by atoms with E-state index in [9.17, 15) is 5.11 Å². The van der Waals surface area contributed by atoms with Crippen LogP contribution in [0.15, 0.2) is 0 Å². The lowest BCUT2D eigenvalue weighted by Crippen LogP contribution is -2.54. The summed E-state index contributed by atoms with van der Waals surface area (Å²) in [5.41, 5.74) is 0.888. The summed E-state index contributed by atoms with van der Waals surface area (Å²) >= 11 is 2.26. The molecular weight excluding hydrogens is 288 g/mol. The highest BCUT2D eigenvalue weighted by atomic mass is 32.2. The Hall–Kier alpha value is 0.310. The fourth-order valence-electron chi connectivity index (χ4n) is 7.64. The normalized spacial score (nSPS) is 63.1. The second-order valence-corrected chi connectivity index (χ2v) is 11.4. The van der Waals surface area contributed by atoms with E-state index in [0.29, 0.717) is 5.41 Å². The maximum Gasteiger partial charge on any atom is 0.0596 e. The highest BCUT2D eigenvalue weighted by Crippen LogP contribution is 2.69. The summed E-state index contributed by atoms with van der Waals surface area (Å²) < 4.78 is 0.740. The Morgan fingerprint density at radius 1 is 0.864 bits per heavy atom. The van der Waals surface area contributed by atoms with E-state index in [-0.39, 0.29) is 11.5 Å². The van der Waals surface area contributed by atoms with Gasteiger partial charge in [0.05, 0.1) is 6.10 Å². The molecule has 0 radical (unpaired) electrons. The maximum absolute atomic E-state index is 10.5. The van der Waals surface area contributed by atoms with Gasteiger partial charge in [-0.3, -0.25) is 0 Å². The molecule has 0 unspecified atom stereocenters. The van der Waals surface area contributed by atoms with Crippen LogP contribution in [0.3, 0.4) is 0 Å². The van der Waals surface area contributed by atoms with Crippen LogP contribution < -0.4 is 0 Å². The van der Waals surface area contributed by atoms with Crippen LogP contribution in [0.5, 0.6) is 0 Å². The zero-order valence-electron chi connectivity index (χ0n) is 14.3. The first-order chi connectivity index (χ1) is 10.5. The van der Waals surface area contributed by atoms with Crippen LogP contribution >= 0.6 is 11.8 Å². The van der Waals surface area contributed by atoms with Crippen molar-refractivity contribution in [2.75, 3.05) is 5.75 Å². The van der Waals surface area contributed by atoms with E-state index in [2.05, 4.69) is 25.6 Å². The molecule has 5 fully saturated rings. The molecule has 0 aromatic carbocycles. The molecule has 1 spiro atoms. The van der Waals surface area contributed by atoms with Crippen molar-refractivity contribution >= 4 is 11.8 Å². The molecule has 0 aromatic rings. The summed E-state index contributed by atoms with van der Waals surface area (Å²) in [6.07, 6.45) is 12.6. The highest BCUT2D eigenvalue weighted by molar-refractivity contribution is 8.07. The van der Waals surface area contributed by atoms with Crippen LogP contribution in [0.1, 0.15) is 71.6 Å². The fraction of sp³-hybridized carbons (Fsp3) is 1.00. The molecule has 4 saturated carbocycles. The minimum Gasteiger partial charge on any atom is -0.393 e. The van der Waals surface area contributed by atoms with Gasteiger partial charge in [0.25, 0.3) is 0 Å². The zero-order valence-corrected chi connectivity index (χ0v) is 15.1. The van der Waals surface area contributed by atoms with E-state index >= 15 is 0 Å². The molecule has 124 valence electrons. The quantitative estimate of drug-likeness (QED) is 0.642. The summed E-state index contributed by atoms with van der Waals surface area (Å²) in [7, 11) is 0. The van der Waals surface area contributed by atoms with Crippen molar-refractivity contribution in [3.05, 3.63) is 0 Å². The van der Waals surface area contributed by atoms with E-state index in [1.165, 1.54) is 57.1 Å². The Morgan fingerprint density at radius 2 is 1.64 bits per heavy atom. The molecule has 1 nitrogen and oxygen atoms in total. The molecule has 0 bridgehead atoms. The summed E-state index contributed by atoms with van der Waals surface area (Å²) in [5, 5.41) is 10.5. The number of hydrogen-bond donors (Lipinski definition) is 1. The van der Waals surface area contributed by atoms with Crippen molar-refractivity contribution < 1.29 is 5.11 Å². The molecule has 0 aromatic heterocycles. The molecule has 5 aliphatic rings. The summed E-state index contributed by atoms with van der Waals surface area (Å²) in [6.45, 7) is 5.08. The average Bonchev–Trinajstić information content (AvgIpc) is 3.19. The van der Waals surface area contributed by atoms with E-state index in [1.807, 2.05) is 0 Å². The Labute approximate surface area is 140 Å². The molecule has 1 saturated heterocycles. The van der Waals surface area contributed by atoms with Crippen LogP contribution in [0.25, 0.3) is 0 Å². The van der Waals surface area contributed by atoms with Gasteiger partial charge in [-0.1, -0.05) is 13.8 Å². The van der Waals surface area contributed by atoms with Crippen LogP contribution in [-0.4, -0.2) is 21.7 Å². The predicted molar refractivity (Wildman–Crippen MR) is 92.9 cm³/mol. The lowest BCUT2D eigenvalue weighted by Gasteiger charge is -2.61. The first-order valence-electron chi connectivity index (χ1n) is 9.79. The molecule has 0 amide bonds. The third-order valence-corrected chi connectivity index (χ3v) is 10.8. The first-order valence-corrected chi connectivity index (χ1v) is 10.8. The second kappa shape index (κ2) is 4.48. The van der Waals surface area contributed by atoms with Crippen LogP contribution in [0, 0.1) is 34.5 Å². The largest absolute Gasteiger partial charge is 0.393 e. The topological polar surface area (TPSA) is 20.2 Å². The van der Waals surface area contributed by atoms with E-state index in [0.717, 1.165) is 34.8 Å². The molecule has 2 heteroatoms. The van der Waals surface area contributed by atoms with Crippen molar-refractivity contribution in [3.8, 4) is 0 Å². The van der Waals surface area contributed by atoms with Gasteiger partial charge in [-0.05, 0) is 92.3 Å². The predicted octanol–water partition coefficient (Wildman–Crippen LogP) is 4.88. The number of thioether (sulfide) groups is 1. The van der Waals surface area contributed by atoms with Gasteiger partial charge in [0.15, 0.2) is 0 Å². The lowest BCUT2D eigenvalue weighted by atomic mass is 9.44. The van der Waals surface area contributed by atoms with Crippen LogP contribution in [0.2, 0.25) is 0 Å². The first kappa shape index (κ1) is 14.6. The van der Waals surface area contributed by atoms with Gasteiger partial charge in [0.1, 0.15) is 0 Å². The molecule has 1 aliphatic heterocycles. The molecule has 22 heavy (non-hydrogen) atoms. The van der Waals surface area contributed by atoms with Gasteiger partial charge >= 0.3 is 0 Å². The monoisotopic (exact) mass is 320 g/mol.